The molecule has 2 N–H and O–H groups in total. The molecule has 0 radical (unpaired) electrons. The number of nitrogen functional groups attached to an aromatic ring is 1. The summed E-state index contributed by atoms with van der Waals surface area (Å²) in [5, 5.41) is 13.8. The molecule has 66 valence electrons. The van der Waals surface area contributed by atoms with Gasteiger partial charge in [-0.25, -0.2) is 0 Å². The van der Waals surface area contributed by atoms with Crippen molar-refractivity contribution in [2.45, 2.75) is 12.8 Å². The van der Waals surface area contributed by atoms with Gasteiger partial charge in [-0.2, -0.15) is 0 Å². The number of carbonyl (C=O) groups is 1. The van der Waals surface area contributed by atoms with Crippen LogP contribution in [-0.4, -0.2) is 23.3 Å². The Bertz CT molecular complexity index is 274. The molecule has 0 fully saturated rings. The van der Waals surface area contributed by atoms with Gasteiger partial charge in [0.25, 0.3) is 10.5 Å². The number of carbonyl (C=O) groups excluding carboxylic acids is 1. The van der Waals surface area contributed by atoms with Gasteiger partial charge in [0.05, 0.1) is 20.0 Å². The Morgan fingerprint density at radius 2 is 2.58 bits per heavy atom. The zero-order valence-electron chi connectivity index (χ0n) is 6.69. The first kappa shape index (κ1) is 9.08. The molecule has 0 bridgehead atoms. The molecule has 0 aliphatic carbocycles. The summed E-state index contributed by atoms with van der Waals surface area (Å²) in [6.45, 7) is 0. The molecule has 5 nitrogen and oxygen atoms in total. The molecule has 1 atom stereocenters. The first-order valence-electron chi connectivity index (χ1n) is 3.38. The van der Waals surface area contributed by atoms with Gasteiger partial charge in [0.2, 0.25) is 0 Å². The van der Waals surface area contributed by atoms with Crippen molar-refractivity contribution in [2.24, 2.45) is 0 Å². The Balaban J connectivity index is 2.43. The topological polar surface area (TPSA) is 78.1 Å². The summed E-state index contributed by atoms with van der Waals surface area (Å²) in [7, 11) is 0.880. The van der Waals surface area contributed by atoms with Crippen molar-refractivity contribution in [1.29, 1.82) is 0 Å². The number of methoxy groups -OCH3 is 1. The van der Waals surface area contributed by atoms with Gasteiger partial charge in [-0.05, 0) is 0 Å². The van der Waals surface area contributed by atoms with Gasteiger partial charge in [0.15, 0.2) is 0 Å². The Labute approximate surface area is 72.7 Å². The summed E-state index contributed by atoms with van der Waals surface area (Å²) in [5.74, 6) is -0.249. The third kappa shape index (κ3) is 2.24. The van der Waals surface area contributed by atoms with Crippen LogP contribution in [0.5, 0.6) is 0 Å². The van der Waals surface area contributed by atoms with Crippen molar-refractivity contribution in [3.63, 3.8) is 0 Å². The fourth-order valence-corrected chi connectivity index (χ4v) is 1.48. The van der Waals surface area contributed by atoms with Crippen LogP contribution in [0.15, 0.2) is 5.51 Å². The summed E-state index contributed by atoms with van der Waals surface area (Å²) in [6, 6.07) is 0. The average molecular weight is 188 g/mol. The smallest absolute Gasteiger partial charge is 0.306 e. The predicted octanol–water partition coefficient (Wildman–Crippen LogP) is 0.0451. The van der Waals surface area contributed by atoms with Gasteiger partial charge in [-0.15, -0.1) is 5.14 Å². The van der Waals surface area contributed by atoms with Crippen LogP contribution in [0.2, 0.25) is 0 Å². The van der Waals surface area contributed by atoms with Crippen LogP contribution in [0, 0.1) is 0 Å². The molecule has 1 rings (SSSR count). The molecule has 1 aromatic rings. The van der Waals surface area contributed by atoms with Gasteiger partial charge < -0.3 is 4.74 Å². The number of rotatable bonds is 3. The highest BCUT2D eigenvalue weighted by molar-refractivity contribution is 7.29. The Morgan fingerprint density at radius 3 is 3.08 bits per heavy atom. The Kier molecular flexibility index (Phi) is 3.12. The van der Waals surface area contributed by atoms with Crippen LogP contribution in [0.3, 0.4) is 0 Å². The lowest BCUT2D eigenvalue weighted by Gasteiger charge is -1.92. The molecule has 1 unspecified atom stereocenters. The molecule has 0 aromatic carbocycles. The molecule has 12 heavy (non-hydrogen) atoms. The number of aromatic nitrogens is 2. The van der Waals surface area contributed by atoms with E-state index in [0.29, 0.717) is 12.8 Å². The van der Waals surface area contributed by atoms with E-state index in [4.69, 9.17) is 5.14 Å². The molecule has 6 heteroatoms. The maximum absolute atomic E-state index is 10.7. The van der Waals surface area contributed by atoms with Crippen LogP contribution >= 0.6 is 10.7 Å². The maximum Gasteiger partial charge on any atom is 0.306 e. The van der Waals surface area contributed by atoms with Crippen molar-refractivity contribution in [1.82, 2.24) is 10.2 Å². The summed E-state index contributed by atoms with van der Waals surface area (Å²) in [6.07, 6.45) is 0.853. The largest absolute Gasteiger partial charge is 0.469 e. The lowest BCUT2D eigenvalue weighted by molar-refractivity contribution is -0.140. The van der Waals surface area contributed by atoms with E-state index in [2.05, 4.69) is 14.9 Å². The molecule has 0 aliphatic rings. The molecule has 1 aromatic heterocycles. The second kappa shape index (κ2) is 4.13. The van der Waals surface area contributed by atoms with E-state index in [9.17, 15) is 4.79 Å². The van der Waals surface area contributed by atoms with Crippen molar-refractivity contribution in [3.05, 3.63) is 10.5 Å². The Hall–Kier alpha value is -1.01. The van der Waals surface area contributed by atoms with Crippen LogP contribution in [0.4, 0.5) is 0 Å². The number of aryl methyl sites for hydroxylation is 1. The quantitative estimate of drug-likeness (QED) is 0.535. The normalized spacial score (nSPS) is 11.3. The van der Waals surface area contributed by atoms with Crippen LogP contribution < -0.4 is 5.14 Å². The third-order valence-electron chi connectivity index (χ3n) is 1.37. The van der Waals surface area contributed by atoms with Crippen molar-refractivity contribution in [3.8, 4) is 0 Å². The predicted molar refractivity (Wildman–Crippen MR) is 45.0 cm³/mol. The summed E-state index contributed by atoms with van der Waals surface area (Å²) in [5.41, 5.74) is 1.58. The number of hydrogen-bond donors (Lipinski definition) is 1. The number of esters is 1. The van der Waals surface area contributed by atoms with Crippen molar-refractivity contribution in [2.75, 3.05) is 12.2 Å². The molecular weight excluding hydrogens is 178 g/mol. The maximum atomic E-state index is 10.7. The monoisotopic (exact) mass is 188 g/mol. The molecule has 0 saturated heterocycles. The van der Waals surface area contributed by atoms with E-state index in [1.54, 1.807) is 5.51 Å². The fraction of sp³-hybridized carbons (Fsp3) is 0.500. The number of ether oxygens (including phenoxy) is 1. The van der Waals surface area contributed by atoms with Crippen LogP contribution in [0.25, 0.3) is 0 Å². The number of hydrogen-bond acceptors (Lipinski definition) is 5. The standard InChI is InChI=1S/C6H10N3O2S/c1-11-6(10)3-2-5-9-8-4-12(5)7/h4H,2-3,7H2,1H3/q+1. The molecule has 0 saturated carbocycles. The van der Waals surface area contributed by atoms with Gasteiger partial charge in [-0.1, -0.05) is 10.2 Å². The lowest BCUT2D eigenvalue weighted by atomic mass is 10.3. The van der Waals surface area contributed by atoms with Gasteiger partial charge >= 0.3 is 5.97 Å². The van der Waals surface area contributed by atoms with Crippen LogP contribution in [-0.2, 0) is 16.0 Å². The Morgan fingerprint density at radius 1 is 1.83 bits per heavy atom. The number of nitrogens with zero attached hydrogens (tertiary/aromatic N) is 2. The first-order valence-corrected chi connectivity index (χ1v) is 4.73. The minimum Gasteiger partial charge on any atom is -0.469 e. The van der Waals surface area contributed by atoms with E-state index in [1.807, 2.05) is 0 Å². The highest BCUT2D eigenvalue weighted by atomic mass is 32.2. The second-order valence-corrected chi connectivity index (χ2v) is 3.59. The zero-order valence-corrected chi connectivity index (χ0v) is 7.50. The highest BCUT2D eigenvalue weighted by Gasteiger charge is 2.14. The summed E-state index contributed by atoms with van der Waals surface area (Å²) >= 11 is 0. The molecule has 0 spiro atoms. The highest BCUT2D eigenvalue weighted by Crippen LogP contribution is 2.12. The summed E-state index contributed by atoms with van der Waals surface area (Å²) < 4.78 is 4.47. The fourth-order valence-electron chi connectivity index (χ4n) is 0.726. The van der Waals surface area contributed by atoms with Gasteiger partial charge in [0, 0.05) is 0 Å². The van der Waals surface area contributed by atoms with Crippen molar-refractivity contribution < 1.29 is 9.53 Å². The SMILES string of the molecule is COC(=O)CCc1nnc[s+]1N. The lowest BCUT2D eigenvalue weighted by Crippen LogP contribution is -2.02. The van der Waals surface area contributed by atoms with E-state index >= 15 is 0 Å². The average Bonchev–Trinajstić information content (AvgIpc) is 2.47. The molecular formula is C6H10N3O2S+. The minimum atomic E-state index is -0.478. The van der Waals surface area contributed by atoms with E-state index < -0.39 is 10.7 Å². The van der Waals surface area contributed by atoms with Gasteiger partial charge in [0.1, 0.15) is 10.7 Å². The second-order valence-electron chi connectivity index (χ2n) is 2.16. The summed E-state index contributed by atoms with van der Waals surface area (Å²) in [4.78, 5) is 10.7. The third-order valence-corrected chi connectivity index (χ3v) is 2.52. The van der Waals surface area contributed by atoms with Gasteiger partial charge in [-0.3, -0.25) is 4.79 Å². The van der Waals surface area contributed by atoms with E-state index in [1.165, 1.54) is 7.11 Å². The van der Waals surface area contributed by atoms with Crippen LogP contribution in [0.1, 0.15) is 11.4 Å². The molecule has 0 aliphatic heterocycles. The number of nitrogens with two attached hydrogens (primary N) is 1. The zero-order chi connectivity index (χ0) is 8.97. The molecule has 1 heterocycles. The minimum absolute atomic E-state index is 0.249. The first-order chi connectivity index (χ1) is 5.74. The molecule has 0 amide bonds. The van der Waals surface area contributed by atoms with E-state index in [0.717, 1.165) is 5.01 Å². The van der Waals surface area contributed by atoms with Crippen molar-refractivity contribution >= 4 is 16.6 Å². The van der Waals surface area contributed by atoms with E-state index in [-0.39, 0.29) is 5.97 Å².